The standard InChI is InChI=1S/C15H22FN3O/c1-19-7-3-2-4-13(19)10-18-9-12-6-5-11(15(17)20)8-14(12)16/h5-6,8,13,18H,2-4,7,9-10H2,1H3,(H2,17,20). The lowest BCUT2D eigenvalue weighted by Crippen LogP contribution is -2.42. The Balaban J connectivity index is 1.86. The summed E-state index contributed by atoms with van der Waals surface area (Å²) in [5.41, 5.74) is 5.89. The minimum absolute atomic E-state index is 0.207. The van der Waals surface area contributed by atoms with E-state index >= 15 is 0 Å². The predicted molar refractivity (Wildman–Crippen MR) is 76.9 cm³/mol. The van der Waals surface area contributed by atoms with Crippen LogP contribution in [0, 0.1) is 5.82 Å². The Hall–Kier alpha value is -1.46. The number of hydrogen-bond acceptors (Lipinski definition) is 3. The Bertz CT molecular complexity index is 478. The molecule has 0 aromatic heterocycles. The third kappa shape index (κ3) is 3.77. The molecular weight excluding hydrogens is 257 g/mol. The SMILES string of the molecule is CN1CCCCC1CNCc1ccc(C(N)=O)cc1F. The summed E-state index contributed by atoms with van der Waals surface area (Å²) in [5.74, 6) is -0.988. The summed E-state index contributed by atoms with van der Waals surface area (Å²) in [5, 5.41) is 3.29. The molecule has 20 heavy (non-hydrogen) atoms. The summed E-state index contributed by atoms with van der Waals surface area (Å²) >= 11 is 0. The molecule has 0 bridgehead atoms. The number of nitrogens with two attached hydrogens (primary N) is 1. The smallest absolute Gasteiger partial charge is 0.248 e. The average Bonchev–Trinajstić information content (AvgIpc) is 2.42. The van der Waals surface area contributed by atoms with Crippen molar-refractivity contribution in [2.24, 2.45) is 5.73 Å². The van der Waals surface area contributed by atoms with Gasteiger partial charge in [-0.2, -0.15) is 0 Å². The molecule has 1 fully saturated rings. The molecular formula is C15H22FN3O. The molecule has 1 heterocycles. The van der Waals surface area contributed by atoms with Crippen molar-refractivity contribution in [2.75, 3.05) is 20.1 Å². The molecule has 1 saturated heterocycles. The summed E-state index contributed by atoms with van der Waals surface area (Å²) in [4.78, 5) is 13.3. The van der Waals surface area contributed by atoms with Gasteiger partial charge < -0.3 is 16.0 Å². The second kappa shape index (κ2) is 6.81. The molecule has 0 radical (unpaired) electrons. The summed E-state index contributed by atoms with van der Waals surface area (Å²) < 4.78 is 13.8. The largest absolute Gasteiger partial charge is 0.366 e. The highest BCUT2D eigenvalue weighted by Crippen LogP contribution is 2.15. The first kappa shape index (κ1) is 14.9. The number of amides is 1. The molecule has 0 saturated carbocycles. The second-order valence-corrected chi connectivity index (χ2v) is 5.43. The lowest BCUT2D eigenvalue weighted by Gasteiger charge is -2.32. The van der Waals surface area contributed by atoms with E-state index < -0.39 is 5.91 Å². The fraction of sp³-hybridized carbons (Fsp3) is 0.533. The second-order valence-electron chi connectivity index (χ2n) is 5.43. The van der Waals surface area contributed by atoms with Crippen LogP contribution in [0.5, 0.6) is 0 Å². The van der Waals surface area contributed by atoms with Crippen LogP contribution in [0.3, 0.4) is 0 Å². The number of carbonyl (C=O) groups excluding carboxylic acids is 1. The topological polar surface area (TPSA) is 58.4 Å². The van der Waals surface area contributed by atoms with Gasteiger partial charge in [-0.1, -0.05) is 12.5 Å². The van der Waals surface area contributed by atoms with Crippen LogP contribution in [0.1, 0.15) is 35.2 Å². The maximum Gasteiger partial charge on any atom is 0.248 e. The van der Waals surface area contributed by atoms with Gasteiger partial charge in [0.25, 0.3) is 0 Å². The first-order valence-corrected chi connectivity index (χ1v) is 7.07. The molecule has 4 nitrogen and oxygen atoms in total. The quantitative estimate of drug-likeness (QED) is 0.858. The summed E-state index contributed by atoms with van der Waals surface area (Å²) in [6.45, 7) is 2.46. The highest BCUT2D eigenvalue weighted by molar-refractivity contribution is 5.92. The predicted octanol–water partition coefficient (Wildman–Crippen LogP) is 1.50. The average molecular weight is 279 g/mol. The van der Waals surface area contributed by atoms with Gasteiger partial charge in [0.15, 0.2) is 0 Å². The van der Waals surface area contributed by atoms with Crippen molar-refractivity contribution in [1.29, 1.82) is 0 Å². The van der Waals surface area contributed by atoms with E-state index in [2.05, 4.69) is 17.3 Å². The Morgan fingerprint density at radius 2 is 2.30 bits per heavy atom. The number of nitrogens with zero attached hydrogens (tertiary/aromatic N) is 1. The van der Waals surface area contributed by atoms with E-state index in [4.69, 9.17) is 5.73 Å². The molecule has 1 aliphatic rings. The summed E-state index contributed by atoms with van der Waals surface area (Å²) in [6.07, 6.45) is 3.71. The number of carbonyl (C=O) groups is 1. The van der Waals surface area contributed by atoms with Gasteiger partial charge in [0.1, 0.15) is 5.82 Å². The van der Waals surface area contributed by atoms with E-state index in [0.29, 0.717) is 18.2 Å². The number of halogens is 1. The molecule has 1 aliphatic heterocycles. The normalized spacial score (nSPS) is 20.0. The van der Waals surface area contributed by atoms with Crippen molar-refractivity contribution in [2.45, 2.75) is 31.8 Å². The fourth-order valence-electron chi connectivity index (χ4n) is 2.62. The van der Waals surface area contributed by atoms with Gasteiger partial charge in [-0.3, -0.25) is 4.79 Å². The first-order chi connectivity index (χ1) is 9.58. The van der Waals surface area contributed by atoms with Crippen LogP contribution >= 0.6 is 0 Å². The molecule has 1 aromatic carbocycles. The molecule has 110 valence electrons. The van der Waals surface area contributed by atoms with Gasteiger partial charge >= 0.3 is 0 Å². The van der Waals surface area contributed by atoms with Crippen LogP contribution in [0.15, 0.2) is 18.2 Å². The molecule has 1 aromatic rings. The first-order valence-electron chi connectivity index (χ1n) is 7.07. The summed E-state index contributed by atoms with van der Waals surface area (Å²) in [6, 6.07) is 4.91. The van der Waals surface area contributed by atoms with Crippen molar-refractivity contribution in [3.63, 3.8) is 0 Å². The summed E-state index contributed by atoms with van der Waals surface area (Å²) in [7, 11) is 2.13. The number of nitrogens with one attached hydrogen (secondary N) is 1. The van der Waals surface area contributed by atoms with Gasteiger partial charge in [-0.15, -0.1) is 0 Å². The van der Waals surface area contributed by atoms with Crippen LogP contribution in [-0.2, 0) is 6.54 Å². The van der Waals surface area contributed by atoms with E-state index in [-0.39, 0.29) is 11.4 Å². The van der Waals surface area contributed by atoms with Gasteiger partial charge in [0, 0.05) is 30.3 Å². The van der Waals surface area contributed by atoms with Crippen LogP contribution in [-0.4, -0.2) is 37.0 Å². The Morgan fingerprint density at radius 1 is 1.50 bits per heavy atom. The van der Waals surface area contributed by atoms with Gasteiger partial charge in [0.2, 0.25) is 5.91 Å². The molecule has 2 rings (SSSR count). The van der Waals surface area contributed by atoms with Crippen molar-refractivity contribution in [3.8, 4) is 0 Å². The molecule has 5 heteroatoms. The Labute approximate surface area is 119 Å². The van der Waals surface area contributed by atoms with E-state index in [1.165, 1.54) is 25.3 Å². The number of likely N-dealkylation sites (tertiary alicyclic amines) is 1. The zero-order chi connectivity index (χ0) is 14.5. The number of likely N-dealkylation sites (N-methyl/N-ethyl adjacent to an activating group) is 1. The lowest BCUT2D eigenvalue weighted by molar-refractivity contribution is 0.1000. The number of rotatable bonds is 5. The van der Waals surface area contributed by atoms with Crippen LogP contribution in [0.4, 0.5) is 4.39 Å². The zero-order valence-electron chi connectivity index (χ0n) is 11.9. The Kier molecular flexibility index (Phi) is 5.09. The minimum atomic E-state index is -0.604. The molecule has 1 unspecified atom stereocenters. The fourth-order valence-corrected chi connectivity index (χ4v) is 2.62. The van der Waals surface area contributed by atoms with Crippen molar-refractivity contribution < 1.29 is 9.18 Å². The Morgan fingerprint density at radius 3 is 2.95 bits per heavy atom. The van der Waals surface area contributed by atoms with Gasteiger partial charge in [0.05, 0.1) is 0 Å². The molecule has 1 atom stereocenters. The maximum absolute atomic E-state index is 13.8. The highest BCUT2D eigenvalue weighted by atomic mass is 19.1. The van der Waals surface area contributed by atoms with E-state index in [1.54, 1.807) is 12.1 Å². The third-order valence-corrected chi connectivity index (χ3v) is 3.95. The molecule has 0 aliphatic carbocycles. The monoisotopic (exact) mass is 279 g/mol. The van der Waals surface area contributed by atoms with Gasteiger partial charge in [-0.25, -0.2) is 4.39 Å². The zero-order valence-corrected chi connectivity index (χ0v) is 11.9. The van der Waals surface area contributed by atoms with E-state index in [1.807, 2.05) is 0 Å². The van der Waals surface area contributed by atoms with Crippen LogP contribution < -0.4 is 11.1 Å². The molecule has 1 amide bonds. The van der Waals surface area contributed by atoms with Gasteiger partial charge in [-0.05, 0) is 38.6 Å². The van der Waals surface area contributed by atoms with Crippen LogP contribution in [0.25, 0.3) is 0 Å². The van der Waals surface area contributed by atoms with E-state index in [0.717, 1.165) is 13.1 Å². The van der Waals surface area contributed by atoms with Crippen LogP contribution in [0.2, 0.25) is 0 Å². The maximum atomic E-state index is 13.8. The number of primary amides is 1. The number of piperidine rings is 1. The molecule has 3 N–H and O–H groups in total. The van der Waals surface area contributed by atoms with Crippen molar-refractivity contribution in [3.05, 3.63) is 35.1 Å². The van der Waals surface area contributed by atoms with E-state index in [9.17, 15) is 9.18 Å². The molecule has 0 spiro atoms. The third-order valence-electron chi connectivity index (χ3n) is 3.95. The highest BCUT2D eigenvalue weighted by Gasteiger charge is 2.18. The van der Waals surface area contributed by atoms with Crippen molar-refractivity contribution >= 4 is 5.91 Å². The van der Waals surface area contributed by atoms with Crippen molar-refractivity contribution in [1.82, 2.24) is 10.2 Å². The minimum Gasteiger partial charge on any atom is -0.366 e. The number of benzene rings is 1. The lowest BCUT2D eigenvalue weighted by atomic mass is 10.0. The number of hydrogen-bond donors (Lipinski definition) is 2.